The predicted octanol–water partition coefficient (Wildman–Crippen LogP) is 4.76. The lowest BCUT2D eigenvalue weighted by Gasteiger charge is -2.08. The quantitative estimate of drug-likeness (QED) is 0.466. The second-order valence-electron chi connectivity index (χ2n) is 5.18. The summed E-state index contributed by atoms with van der Waals surface area (Å²) >= 11 is 0. The minimum absolute atomic E-state index is 0.943. The Morgan fingerprint density at radius 3 is 2.33 bits per heavy atom. The van der Waals surface area contributed by atoms with Crippen LogP contribution >= 0.6 is 0 Å². The first-order chi connectivity index (χ1) is 10.3. The van der Waals surface area contributed by atoms with Gasteiger partial charge < -0.3 is 0 Å². The highest BCUT2D eigenvalue weighted by molar-refractivity contribution is 6.04. The van der Waals surface area contributed by atoms with Crippen LogP contribution in [0.15, 0.2) is 66.7 Å². The van der Waals surface area contributed by atoms with E-state index in [0.29, 0.717) is 0 Å². The topological polar surface area (TPSA) is 25.8 Å². The minimum atomic E-state index is 0.943. The highest BCUT2D eigenvalue weighted by Crippen LogP contribution is 2.27. The van der Waals surface area contributed by atoms with E-state index in [9.17, 15) is 0 Å². The van der Waals surface area contributed by atoms with Gasteiger partial charge in [0.15, 0.2) is 0 Å². The van der Waals surface area contributed by atoms with Gasteiger partial charge >= 0.3 is 0 Å². The molecular weight excluding hydrogens is 256 g/mol. The number of fused-ring (bicyclic) bond motifs is 3. The molecule has 0 atom stereocenters. The summed E-state index contributed by atoms with van der Waals surface area (Å²) in [4.78, 5) is 9.65. The fourth-order valence-electron chi connectivity index (χ4n) is 2.74. The van der Waals surface area contributed by atoms with Gasteiger partial charge in [0.2, 0.25) is 0 Å². The average Bonchev–Trinajstić information content (AvgIpc) is 2.55. The number of hydrogen-bond donors (Lipinski definition) is 0. The number of aryl methyl sites for hydroxylation is 1. The van der Waals surface area contributed by atoms with Crippen LogP contribution in [0.25, 0.3) is 33.1 Å². The van der Waals surface area contributed by atoms with Crippen LogP contribution in [0.2, 0.25) is 0 Å². The first-order valence-electron chi connectivity index (χ1n) is 7.04. The summed E-state index contributed by atoms with van der Waals surface area (Å²) in [6.07, 6.45) is 0. The summed E-state index contributed by atoms with van der Waals surface area (Å²) in [6.45, 7) is 2.02. The van der Waals surface area contributed by atoms with E-state index in [4.69, 9.17) is 9.97 Å². The van der Waals surface area contributed by atoms with Gasteiger partial charge in [0.05, 0.1) is 22.4 Å². The molecule has 3 aromatic carbocycles. The molecule has 0 fully saturated rings. The van der Waals surface area contributed by atoms with Gasteiger partial charge in [-0.1, -0.05) is 60.7 Å². The Morgan fingerprint density at radius 1 is 0.714 bits per heavy atom. The molecule has 0 bridgehead atoms. The summed E-state index contributed by atoms with van der Waals surface area (Å²) in [5.41, 5.74) is 4.95. The highest BCUT2D eigenvalue weighted by Gasteiger charge is 2.09. The van der Waals surface area contributed by atoms with Crippen molar-refractivity contribution in [2.75, 3.05) is 0 Å². The monoisotopic (exact) mass is 270 g/mol. The van der Waals surface area contributed by atoms with Gasteiger partial charge in [0, 0.05) is 10.9 Å². The Labute approximate surface area is 123 Å². The Morgan fingerprint density at radius 2 is 1.48 bits per heavy atom. The van der Waals surface area contributed by atoms with Crippen LogP contribution in [0.4, 0.5) is 0 Å². The summed E-state index contributed by atoms with van der Waals surface area (Å²) < 4.78 is 0. The third-order valence-electron chi connectivity index (χ3n) is 3.78. The zero-order chi connectivity index (χ0) is 14.2. The van der Waals surface area contributed by atoms with Crippen LogP contribution in [0.3, 0.4) is 0 Å². The van der Waals surface area contributed by atoms with Gasteiger partial charge in [-0.25, -0.2) is 9.97 Å². The van der Waals surface area contributed by atoms with Crippen LogP contribution in [0.5, 0.6) is 0 Å². The molecule has 2 nitrogen and oxygen atoms in total. The number of rotatable bonds is 1. The second kappa shape index (κ2) is 4.67. The molecule has 1 heterocycles. The van der Waals surface area contributed by atoms with Crippen LogP contribution in [0.1, 0.15) is 5.69 Å². The van der Waals surface area contributed by atoms with Crippen LogP contribution in [-0.2, 0) is 0 Å². The summed E-state index contributed by atoms with van der Waals surface area (Å²) in [5.74, 6) is 0. The smallest absolute Gasteiger partial charge is 0.0968 e. The first kappa shape index (κ1) is 12.0. The molecule has 0 spiro atoms. The lowest BCUT2D eigenvalue weighted by molar-refractivity contribution is 1.19. The molecule has 100 valence electrons. The van der Waals surface area contributed by atoms with Gasteiger partial charge in [-0.15, -0.1) is 0 Å². The van der Waals surface area contributed by atoms with Crippen molar-refractivity contribution in [3.05, 3.63) is 72.4 Å². The molecule has 4 rings (SSSR count). The van der Waals surface area contributed by atoms with E-state index in [1.54, 1.807) is 0 Å². The van der Waals surface area contributed by atoms with Gasteiger partial charge in [0.1, 0.15) is 0 Å². The summed E-state index contributed by atoms with van der Waals surface area (Å²) in [7, 11) is 0. The van der Waals surface area contributed by atoms with Crippen molar-refractivity contribution < 1.29 is 0 Å². The molecule has 0 aliphatic rings. The number of hydrogen-bond acceptors (Lipinski definition) is 2. The fourth-order valence-corrected chi connectivity index (χ4v) is 2.74. The molecule has 0 radical (unpaired) electrons. The summed E-state index contributed by atoms with van der Waals surface area (Å²) in [5, 5.41) is 2.36. The molecule has 0 N–H and O–H groups in total. The summed E-state index contributed by atoms with van der Waals surface area (Å²) in [6, 6.07) is 22.7. The van der Waals surface area contributed by atoms with Crippen molar-refractivity contribution in [3.8, 4) is 11.3 Å². The third kappa shape index (κ3) is 1.96. The second-order valence-corrected chi connectivity index (χ2v) is 5.18. The largest absolute Gasteiger partial charge is 0.249 e. The molecule has 0 aliphatic carbocycles. The molecular formula is C19H14N2. The average molecular weight is 270 g/mol. The number of benzene rings is 3. The molecule has 4 aromatic rings. The molecule has 0 saturated carbocycles. The molecule has 2 heteroatoms. The van der Waals surface area contributed by atoms with Crippen molar-refractivity contribution >= 4 is 21.8 Å². The maximum Gasteiger partial charge on any atom is 0.0968 e. The van der Waals surface area contributed by atoms with Crippen molar-refractivity contribution in [2.45, 2.75) is 6.92 Å². The maximum atomic E-state index is 4.83. The van der Waals surface area contributed by atoms with E-state index in [1.165, 1.54) is 5.39 Å². The number of aromatic nitrogens is 2. The van der Waals surface area contributed by atoms with E-state index in [1.807, 2.05) is 37.3 Å². The molecule has 1 aromatic heterocycles. The van der Waals surface area contributed by atoms with E-state index < -0.39 is 0 Å². The van der Waals surface area contributed by atoms with Crippen molar-refractivity contribution in [1.29, 1.82) is 0 Å². The standard InChI is InChI=1S/C19H14N2/c1-13-18(15-8-3-2-4-9-15)21-17-12-11-14-7-5-6-10-16(14)19(17)20-13/h2-12H,1H3. The van der Waals surface area contributed by atoms with Crippen molar-refractivity contribution in [3.63, 3.8) is 0 Å². The Hall–Kier alpha value is -2.74. The maximum absolute atomic E-state index is 4.83. The van der Waals surface area contributed by atoms with Crippen LogP contribution in [0, 0.1) is 6.92 Å². The van der Waals surface area contributed by atoms with E-state index in [0.717, 1.165) is 33.4 Å². The van der Waals surface area contributed by atoms with E-state index in [-0.39, 0.29) is 0 Å². The molecule has 21 heavy (non-hydrogen) atoms. The van der Waals surface area contributed by atoms with Crippen molar-refractivity contribution in [1.82, 2.24) is 9.97 Å². The van der Waals surface area contributed by atoms with E-state index >= 15 is 0 Å². The highest BCUT2D eigenvalue weighted by atomic mass is 14.8. The van der Waals surface area contributed by atoms with Gasteiger partial charge in [-0.05, 0) is 18.4 Å². The van der Waals surface area contributed by atoms with Crippen LogP contribution in [-0.4, -0.2) is 9.97 Å². The zero-order valence-electron chi connectivity index (χ0n) is 11.7. The normalized spacial score (nSPS) is 11.1. The van der Waals surface area contributed by atoms with E-state index in [2.05, 4.69) is 36.4 Å². The SMILES string of the molecule is Cc1nc2c(ccc3ccccc32)nc1-c1ccccc1. The lowest BCUT2D eigenvalue weighted by Crippen LogP contribution is -1.95. The van der Waals surface area contributed by atoms with Crippen molar-refractivity contribution in [2.24, 2.45) is 0 Å². The van der Waals surface area contributed by atoms with Gasteiger partial charge in [-0.2, -0.15) is 0 Å². The first-order valence-corrected chi connectivity index (χ1v) is 7.04. The lowest BCUT2D eigenvalue weighted by atomic mass is 10.1. The minimum Gasteiger partial charge on any atom is -0.249 e. The Bertz CT molecular complexity index is 943. The fraction of sp³-hybridized carbons (Fsp3) is 0.0526. The molecule has 0 aliphatic heterocycles. The van der Waals surface area contributed by atoms with Gasteiger partial charge in [-0.3, -0.25) is 0 Å². The third-order valence-corrected chi connectivity index (χ3v) is 3.78. The Balaban J connectivity index is 2.05. The van der Waals surface area contributed by atoms with Crippen LogP contribution < -0.4 is 0 Å². The molecule has 0 amide bonds. The Kier molecular flexibility index (Phi) is 2.68. The zero-order valence-corrected chi connectivity index (χ0v) is 11.7. The van der Waals surface area contributed by atoms with Gasteiger partial charge in [0.25, 0.3) is 0 Å². The predicted molar refractivity (Wildman–Crippen MR) is 87.2 cm³/mol. The number of nitrogens with zero attached hydrogens (tertiary/aromatic N) is 2. The molecule has 0 unspecified atom stereocenters. The molecule has 0 saturated heterocycles.